The van der Waals surface area contributed by atoms with Gasteiger partial charge in [-0.1, -0.05) is 133 Å². The minimum Gasteiger partial charge on any atom is -0.309 e. The van der Waals surface area contributed by atoms with Gasteiger partial charge in [-0.3, -0.25) is 0 Å². The summed E-state index contributed by atoms with van der Waals surface area (Å²) in [4.78, 5) is 0. The summed E-state index contributed by atoms with van der Waals surface area (Å²) < 4.78 is 199. The molecule has 3 aromatic heterocycles. The summed E-state index contributed by atoms with van der Waals surface area (Å²) in [5, 5.41) is -1.78. The van der Waals surface area contributed by atoms with Crippen LogP contribution in [0.3, 0.4) is 0 Å². The highest BCUT2D eigenvalue weighted by molar-refractivity contribution is 6.14. The van der Waals surface area contributed by atoms with E-state index in [-0.39, 0.29) is 49.3 Å². The van der Waals surface area contributed by atoms with Crippen molar-refractivity contribution in [3.8, 4) is 39.3 Å². The summed E-state index contributed by atoms with van der Waals surface area (Å²) in [6.07, 6.45) is 0. The molecule has 9 aromatic carbocycles. The Balaban J connectivity index is 1.24. The molecule has 0 unspecified atom stereocenters. The van der Waals surface area contributed by atoms with Gasteiger partial charge in [-0.2, -0.15) is 0 Å². The van der Waals surface area contributed by atoms with Gasteiger partial charge < -0.3 is 13.7 Å². The second-order valence-electron chi connectivity index (χ2n) is 13.3. The number of para-hydroxylation sites is 4. The Labute approximate surface area is 359 Å². The maximum absolute atomic E-state index is 10.1. The minimum atomic E-state index is -0.872. The quantitative estimate of drug-likeness (QED) is 0.167. The Bertz CT molecular complexity index is 4720. The molecule has 266 valence electrons. The van der Waals surface area contributed by atoms with Gasteiger partial charge in [0.1, 0.15) is 0 Å². The lowest BCUT2D eigenvalue weighted by Gasteiger charge is -2.12. The van der Waals surface area contributed by atoms with E-state index in [1.807, 2.05) is 30.3 Å². The molecule has 3 heterocycles. The lowest BCUT2D eigenvalue weighted by molar-refractivity contribution is 1.15. The molecule has 0 fully saturated rings. The minimum absolute atomic E-state index is 0.127. The third-order valence-electron chi connectivity index (χ3n) is 10.2. The molecule has 0 saturated carbocycles. The lowest BCUT2D eigenvalue weighted by atomic mass is 10.0. The van der Waals surface area contributed by atoms with Gasteiger partial charge in [-0.05, 0) is 101 Å². The van der Waals surface area contributed by atoms with Crippen molar-refractivity contribution in [2.75, 3.05) is 0 Å². The molecule has 0 aliphatic rings. The van der Waals surface area contributed by atoms with Crippen LogP contribution in [0.2, 0.25) is 0 Å². The SMILES string of the molecule is [2H]c1c([2H])c([2H])c2c(c1[2H])c1c([2H])c(-c3c([2H])c([2H])c4c(c3[2H])c3c([2H])c([2H])c([2H])c([2H])c3n4-c3c([2H])c([2H])c4c5c([2H])c([2H])c([2H])c([2H])c5n(-c5ccc(-c6ccccc6)cc5)c4c3[2H])c([2H])c([2H])c1n2-c1ccccc1. The van der Waals surface area contributed by atoms with E-state index < -0.39 is 166 Å². The van der Waals surface area contributed by atoms with Crippen LogP contribution in [0.25, 0.3) is 105 Å². The van der Waals surface area contributed by atoms with E-state index in [0.717, 1.165) is 15.7 Å². The zero-order valence-electron chi connectivity index (χ0n) is 50.4. The van der Waals surface area contributed by atoms with Gasteiger partial charge in [0, 0.05) is 49.4 Å². The van der Waals surface area contributed by atoms with Gasteiger partial charge in [-0.25, -0.2) is 0 Å². The Hall–Kier alpha value is -7.62. The molecule has 0 spiro atoms. The van der Waals surface area contributed by atoms with Crippen molar-refractivity contribution in [3.05, 3.63) is 212 Å². The summed E-state index contributed by atoms with van der Waals surface area (Å²) in [5.74, 6) is 0. The Morgan fingerprint density at radius 2 is 0.684 bits per heavy atom. The highest BCUT2D eigenvalue weighted by Gasteiger charge is 2.18. The third-order valence-corrected chi connectivity index (χ3v) is 10.2. The first-order valence-corrected chi connectivity index (χ1v) is 17.9. The van der Waals surface area contributed by atoms with E-state index in [9.17, 15) is 16.4 Å². The largest absolute Gasteiger partial charge is 0.309 e. The van der Waals surface area contributed by atoms with Gasteiger partial charge in [0.25, 0.3) is 0 Å². The fraction of sp³-hybridized carbons (Fsp3) is 0. The Morgan fingerprint density at radius 1 is 0.263 bits per heavy atom. The maximum atomic E-state index is 10.1. The number of nitrogens with zero attached hydrogens (tertiary/aromatic N) is 3. The van der Waals surface area contributed by atoms with E-state index in [2.05, 4.69) is 0 Å². The first-order chi connectivity index (χ1) is 37.1. The number of benzene rings is 9. The summed E-state index contributed by atoms with van der Waals surface area (Å²) in [6.45, 7) is 0. The van der Waals surface area contributed by atoms with Crippen LogP contribution < -0.4 is 0 Å². The number of hydrogen-bond donors (Lipinski definition) is 0. The number of aromatic nitrogens is 3. The summed E-state index contributed by atoms with van der Waals surface area (Å²) in [5.41, 5.74) is -1.27. The van der Waals surface area contributed by atoms with E-state index >= 15 is 0 Å². The van der Waals surface area contributed by atoms with Crippen LogP contribution >= 0.6 is 0 Å². The van der Waals surface area contributed by atoms with Gasteiger partial charge in [0.2, 0.25) is 0 Å². The van der Waals surface area contributed by atoms with Crippen LogP contribution in [-0.4, -0.2) is 13.7 Å². The zero-order valence-corrected chi connectivity index (χ0v) is 29.4. The topological polar surface area (TPSA) is 14.8 Å². The average Bonchev–Trinajstić information content (AvgIpc) is 3.77. The first-order valence-electron chi connectivity index (χ1n) is 28.4. The first kappa shape index (κ1) is 17.5. The molecule has 3 heteroatoms. The Kier molecular flexibility index (Phi) is 3.81. The van der Waals surface area contributed by atoms with Crippen LogP contribution in [0.4, 0.5) is 0 Å². The van der Waals surface area contributed by atoms with Crippen molar-refractivity contribution in [2.45, 2.75) is 0 Å². The molecule has 57 heavy (non-hydrogen) atoms. The van der Waals surface area contributed by atoms with E-state index in [4.69, 9.17) is 12.3 Å². The molecule has 0 N–H and O–H groups in total. The fourth-order valence-electron chi connectivity index (χ4n) is 7.64. The van der Waals surface area contributed by atoms with E-state index in [1.54, 1.807) is 54.6 Å². The average molecular weight is 747 g/mol. The predicted octanol–water partition coefficient (Wildman–Crippen LogP) is 14.3. The highest BCUT2D eigenvalue weighted by atomic mass is 15.0. The van der Waals surface area contributed by atoms with Crippen LogP contribution in [0.5, 0.6) is 0 Å². The standard InChI is InChI=1S/C54H35N3/c1-3-13-36(14-4-1)37-23-27-41(28-24-37)56-49-20-10-7-17-43(49)46-30-29-42(35-54(46)56)57-51-22-12-9-19-45(51)48-34-39(26-32-53(48)57)38-25-31-52-47(33-38)44-18-8-11-21-50(44)55(52)40-15-5-2-6-16-40/h1-35H/i7D,8D,9D,10D,11D,12D,17D,18D,19D,20D,21D,22D,25D,26D,29D,30D,31D,32D,33D,34D,35D. The zero-order chi connectivity index (χ0) is 55.7. The molecule has 0 radical (unpaired) electrons. The molecule has 0 aliphatic carbocycles. The molecule has 0 atom stereocenters. The number of rotatable bonds is 5. The molecule has 0 saturated heterocycles. The molecule has 0 aliphatic heterocycles. The molecule has 3 nitrogen and oxygen atoms in total. The van der Waals surface area contributed by atoms with Gasteiger partial charge in [-0.15, -0.1) is 0 Å². The molecule has 0 amide bonds. The van der Waals surface area contributed by atoms with Crippen molar-refractivity contribution >= 4 is 65.4 Å². The summed E-state index contributed by atoms with van der Waals surface area (Å²) in [6, 6.07) is 9.79. The predicted molar refractivity (Wildman–Crippen MR) is 240 cm³/mol. The van der Waals surface area contributed by atoms with E-state index in [1.165, 1.54) is 9.13 Å². The van der Waals surface area contributed by atoms with E-state index in [0.29, 0.717) is 5.69 Å². The van der Waals surface area contributed by atoms with Crippen LogP contribution in [-0.2, 0) is 0 Å². The normalized spacial score (nSPS) is 17.0. The maximum Gasteiger partial charge on any atom is 0.0667 e. The molecular weight excluding hydrogens is 691 g/mol. The second-order valence-corrected chi connectivity index (χ2v) is 13.3. The summed E-state index contributed by atoms with van der Waals surface area (Å²) >= 11 is 0. The second kappa shape index (κ2) is 12.5. The van der Waals surface area contributed by atoms with Crippen molar-refractivity contribution < 1.29 is 28.8 Å². The van der Waals surface area contributed by atoms with Crippen LogP contribution in [0, 0.1) is 0 Å². The monoisotopic (exact) mass is 746 g/mol. The van der Waals surface area contributed by atoms with Crippen molar-refractivity contribution in [1.82, 2.24) is 13.7 Å². The smallest absolute Gasteiger partial charge is 0.0667 e. The van der Waals surface area contributed by atoms with Crippen molar-refractivity contribution in [2.24, 2.45) is 0 Å². The number of hydrogen-bond acceptors (Lipinski definition) is 0. The number of fused-ring (bicyclic) bond motifs is 9. The molecule has 0 bridgehead atoms. The van der Waals surface area contributed by atoms with Crippen molar-refractivity contribution in [1.29, 1.82) is 0 Å². The Morgan fingerprint density at radius 3 is 1.26 bits per heavy atom. The van der Waals surface area contributed by atoms with Gasteiger partial charge in [0.05, 0.1) is 61.9 Å². The van der Waals surface area contributed by atoms with Crippen LogP contribution in [0.1, 0.15) is 28.8 Å². The fourth-order valence-corrected chi connectivity index (χ4v) is 7.64. The van der Waals surface area contributed by atoms with Gasteiger partial charge in [0.15, 0.2) is 0 Å². The molecule has 12 rings (SSSR count). The van der Waals surface area contributed by atoms with Crippen LogP contribution in [0.15, 0.2) is 212 Å². The highest BCUT2D eigenvalue weighted by Crippen LogP contribution is 2.40. The lowest BCUT2D eigenvalue weighted by Crippen LogP contribution is -1.97. The molecular formula is C54H35N3. The molecule has 12 aromatic rings. The third kappa shape index (κ3) is 4.86. The van der Waals surface area contributed by atoms with Crippen molar-refractivity contribution in [3.63, 3.8) is 0 Å². The van der Waals surface area contributed by atoms with Gasteiger partial charge >= 0.3 is 0 Å². The summed E-state index contributed by atoms with van der Waals surface area (Å²) in [7, 11) is 0.